The van der Waals surface area contributed by atoms with Gasteiger partial charge in [0, 0.05) is 34.5 Å². The third kappa shape index (κ3) is 2.39. The van der Waals surface area contributed by atoms with Gasteiger partial charge in [0.2, 0.25) is 0 Å². The fourth-order valence-electron chi connectivity index (χ4n) is 3.25. The Kier molecular flexibility index (Phi) is 3.31. The van der Waals surface area contributed by atoms with E-state index in [1.165, 1.54) is 29.0 Å². The molecular formula is C19H16N2OS2. The first-order valence-electron chi connectivity index (χ1n) is 8.22. The average Bonchev–Trinajstić information content (AvgIpc) is 3.07. The van der Waals surface area contributed by atoms with Crippen LogP contribution in [0.5, 0.6) is 0 Å². The van der Waals surface area contributed by atoms with Crippen LogP contribution in [0.15, 0.2) is 40.4 Å². The van der Waals surface area contributed by atoms with E-state index in [0.717, 1.165) is 29.9 Å². The number of anilines is 1. The van der Waals surface area contributed by atoms with Crippen LogP contribution in [0, 0.1) is 0 Å². The van der Waals surface area contributed by atoms with Crippen LogP contribution in [0.25, 0.3) is 11.3 Å². The molecule has 0 bridgehead atoms. The number of hydrogen-bond donors (Lipinski definition) is 0. The minimum Gasteiger partial charge on any atom is -0.308 e. The molecule has 24 heavy (non-hydrogen) atoms. The van der Waals surface area contributed by atoms with E-state index in [-0.39, 0.29) is 5.91 Å². The lowest BCUT2D eigenvalue weighted by atomic mass is 10.1. The second kappa shape index (κ2) is 5.53. The predicted molar refractivity (Wildman–Crippen MR) is 99.2 cm³/mol. The minimum atomic E-state index is 0.104. The molecule has 3 nitrogen and oxygen atoms in total. The third-order valence-corrected chi connectivity index (χ3v) is 6.42. The molecule has 0 unspecified atom stereocenters. The Morgan fingerprint density at radius 2 is 2.12 bits per heavy atom. The topological polar surface area (TPSA) is 33.2 Å². The lowest BCUT2D eigenvalue weighted by molar-refractivity contribution is 0.0990. The van der Waals surface area contributed by atoms with Gasteiger partial charge in [-0.25, -0.2) is 4.98 Å². The van der Waals surface area contributed by atoms with Gasteiger partial charge in [-0.3, -0.25) is 4.79 Å². The van der Waals surface area contributed by atoms with Gasteiger partial charge in [0.25, 0.3) is 5.91 Å². The molecule has 3 heterocycles. The minimum absolute atomic E-state index is 0.104. The van der Waals surface area contributed by atoms with E-state index in [1.54, 1.807) is 22.7 Å². The van der Waals surface area contributed by atoms with E-state index in [0.29, 0.717) is 5.92 Å². The Hall–Kier alpha value is -1.98. The number of nitrogens with zero attached hydrogens (tertiary/aromatic N) is 2. The molecule has 0 atom stereocenters. The summed E-state index contributed by atoms with van der Waals surface area (Å²) in [5, 5.41) is 7.31. The van der Waals surface area contributed by atoms with Gasteiger partial charge in [0.15, 0.2) is 0 Å². The Labute approximate surface area is 148 Å². The number of carbonyl (C=O) groups is 1. The van der Waals surface area contributed by atoms with Crippen LogP contribution in [-0.2, 0) is 6.42 Å². The highest BCUT2D eigenvalue weighted by Crippen LogP contribution is 2.43. The lowest BCUT2D eigenvalue weighted by Crippen LogP contribution is -2.28. The molecule has 5 rings (SSSR count). The van der Waals surface area contributed by atoms with Crippen molar-refractivity contribution < 1.29 is 4.79 Å². The first-order chi connectivity index (χ1) is 11.8. The molecule has 2 aromatic heterocycles. The summed E-state index contributed by atoms with van der Waals surface area (Å²) in [5.41, 5.74) is 5.32. The molecule has 120 valence electrons. The zero-order valence-electron chi connectivity index (χ0n) is 13.1. The molecule has 0 N–H and O–H groups in total. The number of aromatic nitrogens is 1. The highest BCUT2D eigenvalue weighted by Gasteiger charge is 2.28. The zero-order chi connectivity index (χ0) is 16.1. The normalized spacial score (nSPS) is 16.4. The van der Waals surface area contributed by atoms with Gasteiger partial charge in [-0.1, -0.05) is 6.07 Å². The van der Waals surface area contributed by atoms with Crippen molar-refractivity contribution in [3.05, 3.63) is 56.5 Å². The van der Waals surface area contributed by atoms with E-state index >= 15 is 0 Å². The number of thiophene rings is 1. The Balaban J connectivity index is 1.45. The van der Waals surface area contributed by atoms with Crippen molar-refractivity contribution in [3.8, 4) is 11.3 Å². The molecular weight excluding hydrogens is 336 g/mol. The maximum absolute atomic E-state index is 12.6. The number of fused-ring (bicyclic) bond motifs is 1. The highest BCUT2D eigenvalue weighted by atomic mass is 32.1. The first kappa shape index (κ1) is 14.4. The summed E-state index contributed by atoms with van der Waals surface area (Å²) in [4.78, 5) is 19.3. The second-order valence-electron chi connectivity index (χ2n) is 6.41. The van der Waals surface area contributed by atoms with Crippen molar-refractivity contribution in [2.75, 3.05) is 11.4 Å². The fraction of sp³-hybridized carbons (Fsp3) is 0.263. The zero-order valence-corrected chi connectivity index (χ0v) is 14.7. The molecule has 0 radical (unpaired) electrons. The molecule has 1 amide bonds. The number of rotatable bonds is 3. The number of carbonyl (C=O) groups excluding carboxylic acids is 1. The standard InChI is InChI=1S/C19H16N2OS2/c22-19(15-6-8-23-10-15)21-7-5-14-9-13(3-4-17(14)21)16-11-24-18(20-16)12-1-2-12/h3-4,6,8-12H,1-2,5,7H2. The average molecular weight is 352 g/mol. The van der Waals surface area contributed by atoms with Gasteiger partial charge in [0.05, 0.1) is 16.3 Å². The van der Waals surface area contributed by atoms with E-state index in [4.69, 9.17) is 4.98 Å². The SMILES string of the molecule is O=C(c1ccsc1)N1CCc2cc(-c3csc(C4CC4)n3)ccc21. The van der Waals surface area contributed by atoms with Crippen molar-refractivity contribution >= 4 is 34.3 Å². The predicted octanol–water partition coefficient (Wildman–Crippen LogP) is 4.95. The monoisotopic (exact) mass is 352 g/mol. The number of benzene rings is 1. The smallest absolute Gasteiger partial charge is 0.259 e. The summed E-state index contributed by atoms with van der Waals surface area (Å²) in [6.45, 7) is 0.762. The van der Waals surface area contributed by atoms with E-state index in [9.17, 15) is 4.79 Å². The van der Waals surface area contributed by atoms with Gasteiger partial charge in [-0.15, -0.1) is 11.3 Å². The van der Waals surface area contributed by atoms with Crippen LogP contribution < -0.4 is 4.90 Å². The van der Waals surface area contributed by atoms with Crippen molar-refractivity contribution in [1.29, 1.82) is 0 Å². The number of amides is 1. The van der Waals surface area contributed by atoms with Crippen molar-refractivity contribution in [3.63, 3.8) is 0 Å². The summed E-state index contributed by atoms with van der Waals surface area (Å²) in [6, 6.07) is 8.29. The van der Waals surface area contributed by atoms with Crippen LogP contribution >= 0.6 is 22.7 Å². The first-order valence-corrected chi connectivity index (χ1v) is 10.0. The van der Waals surface area contributed by atoms with Crippen LogP contribution in [-0.4, -0.2) is 17.4 Å². The van der Waals surface area contributed by atoms with Gasteiger partial charge in [-0.05, 0) is 48.4 Å². The molecule has 0 spiro atoms. The molecule has 1 aromatic carbocycles. The summed E-state index contributed by atoms with van der Waals surface area (Å²) < 4.78 is 0. The van der Waals surface area contributed by atoms with Crippen molar-refractivity contribution in [1.82, 2.24) is 4.98 Å². The largest absolute Gasteiger partial charge is 0.308 e. The van der Waals surface area contributed by atoms with Crippen LogP contribution in [0.3, 0.4) is 0 Å². The molecule has 2 aliphatic rings. The fourth-order valence-corrected chi connectivity index (χ4v) is 4.88. The number of hydrogen-bond acceptors (Lipinski definition) is 4. The Bertz CT molecular complexity index is 909. The van der Waals surface area contributed by atoms with Gasteiger partial charge in [-0.2, -0.15) is 11.3 Å². The van der Waals surface area contributed by atoms with Crippen LogP contribution in [0.1, 0.15) is 39.7 Å². The van der Waals surface area contributed by atoms with E-state index < -0.39 is 0 Å². The van der Waals surface area contributed by atoms with Crippen molar-refractivity contribution in [2.24, 2.45) is 0 Å². The van der Waals surface area contributed by atoms with E-state index in [1.807, 2.05) is 21.7 Å². The maximum Gasteiger partial charge on any atom is 0.259 e. The molecule has 0 saturated heterocycles. The van der Waals surface area contributed by atoms with Crippen LogP contribution in [0.4, 0.5) is 5.69 Å². The van der Waals surface area contributed by atoms with Gasteiger partial charge in [0.1, 0.15) is 0 Å². The summed E-state index contributed by atoms with van der Waals surface area (Å²) in [6.07, 6.45) is 3.49. The van der Waals surface area contributed by atoms with E-state index in [2.05, 4.69) is 23.6 Å². The highest BCUT2D eigenvalue weighted by molar-refractivity contribution is 7.10. The Morgan fingerprint density at radius 1 is 1.21 bits per heavy atom. The third-order valence-electron chi connectivity index (χ3n) is 4.73. The molecule has 5 heteroatoms. The summed E-state index contributed by atoms with van der Waals surface area (Å²) in [5.74, 6) is 0.810. The van der Waals surface area contributed by atoms with Gasteiger partial charge >= 0.3 is 0 Å². The Morgan fingerprint density at radius 3 is 2.92 bits per heavy atom. The molecule has 3 aromatic rings. The molecule has 1 aliphatic heterocycles. The second-order valence-corrected chi connectivity index (χ2v) is 8.08. The van der Waals surface area contributed by atoms with Gasteiger partial charge < -0.3 is 4.90 Å². The maximum atomic E-state index is 12.6. The summed E-state index contributed by atoms with van der Waals surface area (Å²) in [7, 11) is 0. The summed E-state index contributed by atoms with van der Waals surface area (Å²) >= 11 is 3.34. The number of thiazole rings is 1. The molecule has 1 saturated carbocycles. The quantitative estimate of drug-likeness (QED) is 0.668. The molecule has 1 fully saturated rings. The van der Waals surface area contributed by atoms with Crippen molar-refractivity contribution in [2.45, 2.75) is 25.2 Å². The lowest BCUT2D eigenvalue weighted by Gasteiger charge is -2.16. The van der Waals surface area contributed by atoms with Crippen LogP contribution in [0.2, 0.25) is 0 Å². The molecule has 1 aliphatic carbocycles.